The molecule has 0 aromatic rings. The monoisotopic (exact) mass is 256 g/mol. The lowest BCUT2D eigenvalue weighted by molar-refractivity contribution is 0.0217. The van der Waals surface area contributed by atoms with E-state index in [1.165, 1.54) is 6.42 Å². The fourth-order valence-corrected chi connectivity index (χ4v) is 4.10. The summed E-state index contributed by atoms with van der Waals surface area (Å²) < 4.78 is 5.33. The van der Waals surface area contributed by atoms with Crippen molar-refractivity contribution >= 4 is 0 Å². The van der Waals surface area contributed by atoms with Gasteiger partial charge in [-0.05, 0) is 37.0 Å². The van der Waals surface area contributed by atoms with Crippen molar-refractivity contribution < 1.29 is 4.74 Å². The second-order valence-electron chi connectivity index (χ2n) is 7.77. The zero-order valence-corrected chi connectivity index (χ0v) is 13.1. The highest BCUT2D eigenvalue weighted by Gasteiger charge is 2.46. The number of methoxy groups -OCH3 is 1. The van der Waals surface area contributed by atoms with Gasteiger partial charge in [0.2, 0.25) is 0 Å². The summed E-state index contributed by atoms with van der Waals surface area (Å²) in [4.78, 5) is 0. The fraction of sp³-hybridized carbons (Fsp3) is 1.00. The van der Waals surface area contributed by atoms with Gasteiger partial charge in [-0.1, -0.05) is 27.7 Å². The van der Waals surface area contributed by atoms with Crippen molar-refractivity contribution in [2.24, 2.45) is 16.6 Å². The summed E-state index contributed by atoms with van der Waals surface area (Å²) in [6.45, 7) is 13.1. The zero-order chi connectivity index (χ0) is 14.0. The van der Waals surface area contributed by atoms with Crippen molar-refractivity contribution in [3.63, 3.8) is 0 Å². The van der Waals surface area contributed by atoms with Crippen molar-refractivity contribution in [3.8, 4) is 0 Å². The number of ether oxygens (including phenoxy) is 1. The number of hydrogen-bond donors (Lipinski definition) is 2. The molecular formula is C15H32N2O. The molecule has 1 saturated carbocycles. The molecule has 1 atom stereocenters. The standard InChI is InChI=1S/C15H32N2O/c1-12(18-6)7-17-15(11-16)9-13(2,3)8-14(4,5)10-15/h12,17H,7-11,16H2,1-6H3. The lowest BCUT2D eigenvalue weighted by Gasteiger charge is -2.52. The van der Waals surface area contributed by atoms with Gasteiger partial charge in [0.05, 0.1) is 6.10 Å². The third-order valence-electron chi connectivity index (χ3n) is 4.15. The summed E-state index contributed by atoms with van der Waals surface area (Å²) in [6.07, 6.45) is 3.80. The van der Waals surface area contributed by atoms with Crippen LogP contribution in [0.15, 0.2) is 0 Å². The summed E-state index contributed by atoms with van der Waals surface area (Å²) in [5.74, 6) is 0. The van der Waals surface area contributed by atoms with Gasteiger partial charge < -0.3 is 15.8 Å². The smallest absolute Gasteiger partial charge is 0.0667 e. The van der Waals surface area contributed by atoms with Crippen molar-refractivity contribution in [1.29, 1.82) is 0 Å². The van der Waals surface area contributed by atoms with Crippen molar-refractivity contribution in [3.05, 3.63) is 0 Å². The Hall–Kier alpha value is -0.120. The van der Waals surface area contributed by atoms with E-state index in [2.05, 4.69) is 39.9 Å². The highest BCUT2D eigenvalue weighted by Crippen LogP contribution is 2.49. The molecule has 0 heterocycles. The Balaban J connectivity index is 2.78. The molecule has 3 nitrogen and oxygen atoms in total. The van der Waals surface area contributed by atoms with Crippen LogP contribution in [-0.4, -0.2) is 31.8 Å². The molecule has 0 aromatic carbocycles. The van der Waals surface area contributed by atoms with Gasteiger partial charge in [0.25, 0.3) is 0 Å². The van der Waals surface area contributed by atoms with Crippen LogP contribution in [0.3, 0.4) is 0 Å². The molecule has 1 rings (SSSR count). The highest BCUT2D eigenvalue weighted by molar-refractivity contribution is 5.03. The van der Waals surface area contributed by atoms with Crippen LogP contribution in [0.2, 0.25) is 0 Å². The average Bonchev–Trinajstić information content (AvgIpc) is 2.21. The largest absolute Gasteiger partial charge is 0.380 e. The molecule has 1 fully saturated rings. The van der Waals surface area contributed by atoms with Crippen LogP contribution >= 0.6 is 0 Å². The molecule has 0 aromatic heterocycles. The van der Waals surface area contributed by atoms with E-state index in [-0.39, 0.29) is 11.6 Å². The molecule has 0 spiro atoms. The number of nitrogens with one attached hydrogen (secondary N) is 1. The molecule has 0 saturated heterocycles. The van der Waals surface area contributed by atoms with Gasteiger partial charge in [0, 0.05) is 25.7 Å². The van der Waals surface area contributed by atoms with Crippen molar-refractivity contribution in [2.75, 3.05) is 20.2 Å². The van der Waals surface area contributed by atoms with Crippen LogP contribution in [0.1, 0.15) is 53.9 Å². The molecule has 1 unspecified atom stereocenters. The van der Waals surface area contributed by atoms with Crippen LogP contribution in [-0.2, 0) is 4.74 Å². The summed E-state index contributed by atoms with van der Waals surface area (Å²) >= 11 is 0. The van der Waals surface area contributed by atoms with E-state index in [1.54, 1.807) is 7.11 Å². The van der Waals surface area contributed by atoms with Crippen LogP contribution < -0.4 is 11.1 Å². The van der Waals surface area contributed by atoms with Gasteiger partial charge in [-0.15, -0.1) is 0 Å². The first-order valence-corrected chi connectivity index (χ1v) is 7.12. The minimum absolute atomic E-state index is 0.0675. The molecular weight excluding hydrogens is 224 g/mol. The first-order chi connectivity index (χ1) is 8.14. The average molecular weight is 256 g/mol. The second-order valence-corrected chi connectivity index (χ2v) is 7.77. The fourth-order valence-electron chi connectivity index (χ4n) is 4.10. The quantitative estimate of drug-likeness (QED) is 0.794. The van der Waals surface area contributed by atoms with Crippen LogP contribution in [0.5, 0.6) is 0 Å². The Morgan fingerprint density at radius 2 is 1.61 bits per heavy atom. The second kappa shape index (κ2) is 5.48. The molecule has 18 heavy (non-hydrogen) atoms. The Labute approximate surface area is 113 Å². The summed E-state index contributed by atoms with van der Waals surface area (Å²) in [6, 6.07) is 0. The molecule has 0 radical (unpaired) electrons. The molecule has 0 aliphatic heterocycles. The third-order valence-corrected chi connectivity index (χ3v) is 4.15. The summed E-state index contributed by atoms with van der Waals surface area (Å²) in [7, 11) is 1.76. The van der Waals surface area contributed by atoms with E-state index in [4.69, 9.17) is 10.5 Å². The SMILES string of the molecule is COC(C)CNC1(CN)CC(C)(C)CC(C)(C)C1. The van der Waals surface area contributed by atoms with Gasteiger partial charge >= 0.3 is 0 Å². The van der Waals surface area contributed by atoms with E-state index in [0.717, 1.165) is 19.4 Å². The maximum Gasteiger partial charge on any atom is 0.0667 e. The molecule has 1 aliphatic rings. The maximum atomic E-state index is 6.10. The lowest BCUT2D eigenvalue weighted by Crippen LogP contribution is -2.60. The first-order valence-electron chi connectivity index (χ1n) is 7.12. The summed E-state index contributed by atoms with van der Waals surface area (Å²) in [5.41, 5.74) is 6.88. The highest BCUT2D eigenvalue weighted by atomic mass is 16.5. The Kier molecular flexibility index (Phi) is 4.85. The van der Waals surface area contributed by atoms with Crippen LogP contribution in [0.4, 0.5) is 0 Å². The van der Waals surface area contributed by atoms with Gasteiger partial charge in [0.15, 0.2) is 0 Å². The number of rotatable bonds is 5. The van der Waals surface area contributed by atoms with Gasteiger partial charge in [0.1, 0.15) is 0 Å². The van der Waals surface area contributed by atoms with E-state index in [0.29, 0.717) is 17.4 Å². The topological polar surface area (TPSA) is 47.3 Å². The van der Waals surface area contributed by atoms with Gasteiger partial charge in [-0.2, -0.15) is 0 Å². The normalized spacial score (nSPS) is 26.8. The van der Waals surface area contributed by atoms with Crippen LogP contribution in [0.25, 0.3) is 0 Å². The molecule has 0 bridgehead atoms. The van der Waals surface area contributed by atoms with E-state index >= 15 is 0 Å². The minimum Gasteiger partial charge on any atom is -0.380 e. The van der Waals surface area contributed by atoms with E-state index in [9.17, 15) is 0 Å². The molecule has 3 heteroatoms. The Morgan fingerprint density at radius 3 is 2.00 bits per heavy atom. The summed E-state index contributed by atoms with van der Waals surface area (Å²) in [5, 5.41) is 3.70. The van der Waals surface area contributed by atoms with E-state index in [1.807, 2.05) is 0 Å². The molecule has 3 N–H and O–H groups in total. The molecule has 108 valence electrons. The number of nitrogens with two attached hydrogens (primary N) is 1. The van der Waals surface area contributed by atoms with E-state index < -0.39 is 0 Å². The predicted molar refractivity (Wildman–Crippen MR) is 77.7 cm³/mol. The zero-order valence-electron chi connectivity index (χ0n) is 13.1. The van der Waals surface area contributed by atoms with Crippen molar-refractivity contribution in [1.82, 2.24) is 5.32 Å². The minimum atomic E-state index is 0.0675. The Morgan fingerprint density at radius 1 is 1.11 bits per heavy atom. The first kappa shape index (κ1) is 15.9. The third kappa shape index (κ3) is 4.22. The van der Waals surface area contributed by atoms with Crippen molar-refractivity contribution in [2.45, 2.75) is 65.5 Å². The lowest BCUT2D eigenvalue weighted by atomic mass is 9.58. The molecule has 0 amide bonds. The van der Waals surface area contributed by atoms with Gasteiger partial charge in [-0.25, -0.2) is 0 Å². The van der Waals surface area contributed by atoms with Crippen LogP contribution in [0, 0.1) is 10.8 Å². The number of hydrogen-bond acceptors (Lipinski definition) is 3. The Bertz CT molecular complexity index is 258. The van der Waals surface area contributed by atoms with Gasteiger partial charge in [-0.3, -0.25) is 0 Å². The molecule has 1 aliphatic carbocycles. The maximum absolute atomic E-state index is 6.10. The predicted octanol–water partition coefficient (Wildman–Crippen LogP) is 2.54.